The van der Waals surface area contributed by atoms with E-state index in [0.717, 1.165) is 30.1 Å². The van der Waals surface area contributed by atoms with Crippen molar-refractivity contribution in [1.29, 1.82) is 0 Å². The topological polar surface area (TPSA) is 24.8 Å². The summed E-state index contributed by atoms with van der Waals surface area (Å²) in [5.41, 5.74) is 0. The summed E-state index contributed by atoms with van der Waals surface area (Å²) < 4.78 is 6.38. The molecule has 0 saturated carbocycles. The van der Waals surface area contributed by atoms with Crippen molar-refractivity contribution in [2.45, 2.75) is 0 Å². The molecule has 0 amide bonds. The molecule has 5 heteroatoms. The summed E-state index contributed by atoms with van der Waals surface area (Å²) in [6.07, 6.45) is 1.90. The minimum atomic E-state index is 0.783. The van der Waals surface area contributed by atoms with E-state index in [1.54, 1.807) is 11.3 Å². The van der Waals surface area contributed by atoms with Crippen molar-refractivity contribution in [3.8, 4) is 0 Å². The molecule has 0 unspecified atom stereocenters. The quantitative estimate of drug-likeness (QED) is 0.773. The Balaban J connectivity index is 1.92. The number of hydrazone groups is 1. The Morgan fingerprint density at radius 3 is 2.86 bits per heavy atom. The molecule has 1 saturated heterocycles. The van der Waals surface area contributed by atoms with Crippen molar-refractivity contribution < 1.29 is 4.74 Å². The van der Waals surface area contributed by atoms with Crippen LogP contribution in [0.5, 0.6) is 0 Å². The van der Waals surface area contributed by atoms with Crippen LogP contribution in [0, 0.1) is 0 Å². The van der Waals surface area contributed by atoms with Crippen LogP contribution in [-0.2, 0) is 4.74 Å². The second-order valence-corrected chi connectivity index (χ2v) is 5.45. The Labute approximate surface area is 95.5 Å². The van der Waals surface area contributed by atoms with Crippen molar-refractivity contribution in [3.05, 3.63) is 20.8 Å². The van der Waals surface area contributed by atoms with Gasteiger partial charge in [0.1, 0.15) is 0 Å². The molecular formula is C9H11BrN2OS. The summed E-state index contributed by atoms with van der Waals surface area (Å²) in [4.78, 5) is 1.17. The van der Waals surface area contributed by atoms with E-state index in [9.17, 15) is 0 Å². The van der Waals surface area contributed by atoms with Gasteiger partial charge in [0.25, 0.3) is 0 Å². The Morgan fingerprint density at radius 1 is 1.43 bits per heavy atom. The second-order valence-electron chi connectivity index (χ2n) is 2.95. The number of hydrogen-bond acceptors (Lipinski definition) is 4. The van der Waals surface area contributed by atoms with E-state index in [0.29, 0.717) is 0 Å². The van der Waals surface area contributed by atoms with Crippen LogP contribution < -0.4 is 0 Å². The van der Waals surface area contributed by atoms with Crippen LogP contribution in [0.2, 0.25) is 0 Å². The van der Waals surface area contributed by atoms with E-state index >= 15 is 0 Å². The zero-order chi connectivity index (χ0) is 9.80. The summed E-state index contributed by atoms with van der Waals surface area (Å²) in [5.74, 6) is 0. The van der Waals surface area contributed by atoms with Gasteiger partial charge < -0.3 is 4.74 Å². The summed E-state index contributed by atoms with van der Waals surface area (Å²) >= 11 is 5.11. The molecule has 76 valence electrons. The number of hydrogen-bond donors (Lipinski definition) is 0. The molecule has 2 rings (SSSR count). The molecule has 1 aromatic rings. The lowest BCUT2D eigenvalue weighted by molar-refractivity contribution is 0.0397. The normalized spacial score (nSPS) is 17.9. The number of rotatable bonds is 2. The summed E-state index contributed by atoms with van der Waals surface area (Å²) in [6.45, 7) is 3.35. The molecule has 2 heterocycles. The Bertz CT molecular complexity index is 320. The Kier molecular flexibility index (Phi) is 3.55. The standard InChI is InChI=1S/C9H11BrN2OS/c10-9-2-1-8(14-9)7-11-12-3-5-13-6-4-12/h1-2,7H,3-6H2. The molecule has 0 aromatic carbocycles. The Hall–Kier alpha value is -0.390. The summed E-state index contributed by atoms with van der Waals surface area (Å²) in [5, 5.41) is 6.42. The highest BCUT2D eigenvalue weighted by Crippen LogP contribution is 2.20. The lowest BCUT2D eigenvalue weighted by Crippen LogP contribution is -2.32. The molecular weight excluding hydrogens is 264 g/mol. The predicted octanol–water partition coefficient (Wildman–Crippen LogP) is 2.18. The maximum atomic E-state index is 5.24. The maximum absolute atomic E-state index is 5.24. The molecule has 0 atom stereocenters. The van der Waals surface area contributed by atoms with Gasteiger partial charge in [-0.05, 0) is 28.1 Å². The van der Waals surface area contributed by atoms with Crippen molar-refractivity contribution in [2.75, 3.05) is 26.3 Å². The minimum Gasteiger partial charge on any atom is -0.378 e. The van der Waals surface area contributed by atoms with Gasteiger partial charge in [-0.15, -0.1) is 11.3 Å². The number of halogens is 1. The average Bonchev–Trinajstić information content (AvgIpc) is 2.63. The molecule has 0 N–H and O–H groups in total. The van der Waals surface area contributed by atoms with Crippen LogP contribution in [0.25, 0.3) is 0 Å². The first kappa shape index (κ1) is 10.1. The van der Waals surface area contributed by atoms with Gasteiger partial charge in [-0.2, -0.15) is 5.10 Å². The van der Waals surface area contributed by atoms with Gasteiger partial charge >= 0.3 is 0 Å². The van der Waals surface area contributed by atoms with Crippen molar-refractivity contribution in [1.82, 2.24) is 5.01 Å². The number of ether oxygens (including phenoxy) is 1. The van der Waals surface area contributed by atoms with Crippen LogP contribution in [0.15, 0.2) is 21.0 Å². The fourth-order valence-electron chi connectivity index (χ4n) is 1.21. The molecule has 0 spiro atoms. The monoisotopic (exact) mass is 274 g/mol. The van der Waals surface area contributed by atoms with E-state index in [-0.39, 0.29) is 0 Å². The van der Waals surface area contributed by atoms with Gasteiger partial charge in [0.2, 0.25) is 0 Å². The first-order chi connectivity index (χ1) is 6.84. The van der Waals surface area contributed by atoms with Gasteiger partial charge in [-0.1, -0.05) is 0 Å². The third-order valence-corrected chi connectivity index (χ3v) is 3.49. The zero-order valence-electron chi connectivity index (χ0n) is 7.65. The fourth-order valence-corrected chi connectivity index (χ4v) is 2.50. The molecule has 1 aromatic heterocycles. The zero-order valence-corrected chi connectivity index (χ0v) is 10.1. The third-order valence-electron chi connectivity index (χ3n) is 1.93. The SMILES string of the molecule is Brc1ccc(C=NN2CCOCC2)s1. The van der Waals surface area contributed by atoms with Gasteiger partial charge in [0.15, 0.2) is 0 Å². The van der Waals surface area contributed by atoms with Crippen LogP contribution in [0.1, 0.15) is 4.88 Å². The Morgan fingerprint density at radius 2 is 2.21 bits per heavy atom. The van der Waals surface area contributed by atoms with Gasteiger partial charge in [0.05, 0.1) is 36.3 Å². The predicted molar refractivity (Wildman–Crippen MR) is 62.0 cm³/mol. The number of thiophene rings is 1. The van der Waals surface area contributed by atoms with E-state index in [1.165, 1.54) is 4.88 Å². The van der Waals surface area contributed by atoms with Crippen molar-refractivity contribution in [3.63, 3.8) is 0 Å². The van der Waals surface area contributed by atoms with E-state index < -0.39 is 0 Å². The van der Waals surface area contributed by atoms with Gasteiger partial charge in [0, 0.05) is 4.88 Å². The molecule has 3 nitrogen and oxygen atoms in total. The van der Waals surface area contributed by atoms with Crippen LogP contribution in [0.3, 0.4) is 0 Å². The highest BCUT2D eigenvalue weighted by Gasteiger charge is 2.06. The molecule has 1 aliphatic heterocycles. The van der Waals surface area contributed by atoms with Gasteiger partial charge in [-0.25, -0.2) is 0 Å². The maximum Gasteiger partial charge on any atom is 0.0705 e. The molecule has 14 heavy (non-hydrogen) atoms. The van der Waals surface area contributed by atoms with E-state index in [4.69, 9.17) is 4.74 Å². The molecule has 1 fully saturated rings. The highest BCUT2D eigenvalue weighted by molar-refractivity contribution is 9.11. The first-order valence-electron chi connectivity index (χ1n) is 4.46. The average molecular weight is 275 g/mol. The van der Waals surface area contributed by atoms with Crippen molar-refractivity contribution in [2.24, 2.45) is 5.10 Å². The molecule has 0 aliphatic carbocycles. The van der Waals surface area contributed by atoms with Crippen LogP contribution >= 0.6 is 27.3 Å². The molecule has 0 bridgehead atoms. The van der Waals surface area contributed by atoms with E-state index in [1.807, 2.05) is 17.3 Å². The smallest absolute Gasteiger partial charge is 0.0705 e. The van der Waals surface area contributed by atoms with Crippen LogP contribution in [-0.4, -0.2) is 37.5 Å². The number of morpholine rings is 1. The van der Waals surface area contributed by atoms with Gasteiger partial charge in [-0.3, -0.25) is 5.01 Å². The second kappa shape index (κ2) is 4.91. The summed E-state index contributed by atoms with van der Waals surface area (Å²) in [7, 11) is 0. The largest absolute Gasteiger partial charge is 0.378 e. The minimum absolute atomic E-state index is 0.783. The summed E-state index contributed by atoms with van der Waals surface area (Å²) in [6, 6.07) is 4.09. The lowest BCUT2D eigenvalue weighted by Gasteiger charge is -2.23. The first-order valence-corrected chi connectivity index (χ1v) is 6.07. The van der Waals surface area contributed by atoms with E-state index in [2.05, 4.69) is 27.1 Å². The van der Waals surface area contributed by atoms with Crippen molar-refractivity contribution >= 4 is 33.5 Å². The lowest BCUT2D eigenvalue weighted by atomic mass is 10.5. The molecule has 1 aliphatic rings. The third kappa shape index (κ3) is 2.80. The molecule has 0 radical (unpaired) electrons. The highest BCUT2D eigenvalue weighted by atomic mass is 79.9. The van der Waals surface area contributed by atoms with Crippen LogP contribution in [0.4, 0.5) is 0 Å². The number of nitrogens with zero attached hydrogens (tertiary/aromatic N) is 2. The fraction of sp³-hybridized carbons (Fsp3) is 0.444.